The van der Waals surface area contributed by atoms with E-state index < -0.39 is 65.1 Å². The normalized spacial score (nSPS) is 20.2. The van der Waals surface area contributed by atoms with Gasteiger partial charge in [-0.2, -0.15) is 0 Å². The van der Waals surface area contributed by atoms with E-state index in [2.05, 4.69) is 20.3 Å². The molecular formula is C63H68N10O20S. The monoisotopic (exact) mass is 1320 g/mol. The largest absolute Gasteiger partial charge is 0.501 e. The Morgan fingerprint density at radius 2 is 1.33 bits per heavy atom. The number of hydrogen-bond acceptors (Lipinski definition) is 24. The number of nitrogens with one attached hydrogen (secondary N) is 1. The lowest BCUT2D eigenvalue weighted by Crippen LogP contribution is -2.60. The van der Waals surface area contributed by atoms with E-state index in [1.165, 1.54) is 32.4 Å². The molecular weight excluding hydrogens is 1250 g/mol. The van der Waals surface area contributed by atoms with Gasteiger partial charge in [0.2, 0.25) is 6.29 Å². The summed E-state index contributed by atoms with van der Waals surface area (Å²) in [6, 6.07) is 21.2. The van der Waals surface area contributed by atoms with E-state index in [0.29, 0.717) is 47.5 Å². The molecule has 5 N–H and O–H groups in total. The fraction of sp³-hybridized carbons (Fsp3) is 0.397. The smallest absolute Gasteiger partial charge is 0.493 e. The van der Waals surface area contributed by atoms with E-state index >= 15 is 0 Å². The molecule has 6 heterocycles. The van der Waals surface area contributed by atoms with Crippen molar-refractivity contribution in [1.29, 1.82) is 0 Å². The molecule has 31 heteroatoms. The predicted octanol–water partition coefficient (Wildman–Crippen LogP) is 4.13. The number of aliphatic hydroxyl groups is 4. The number of azide groups is 1. The summed E-state index contributed by atoms with van der Waals surface area (Å²) >= 11 is 0. The van der Waals surface area contributed by atoms with Crippen LogP contribution >= 0.6 is 0 Å². The fourth-order valence-corrected chi connectivity index (χ4v) is 11.9. The van der Waals surface area contributed by atoms with Crippen molar-refractivity contribution >= 4 is 51.9 Å². The van der Waals surface area contributed by atoms with Gasteiger partial charge in [0.15, 0.2) is 34.5 Å². The Kier molecular flexibility index (Phi) is 20.9. The zero-order valence-electron chi connectivity index (χ0n) is 51.2. The SMILES string of the molecule is COc1cc2c(cc1OCc1cc(COc3cc4c(cc3OC)C(=O)N3Cc5ncn(C)c5C[C@H]3C=N4)cc(OS(=O)(=O)Oc3cc(C(=O)NCCOCCOCCOCCN=[N+]=[N-])ccc3OC3O[C@H](CO)[C@H](O)[C@H](O)[C@H]3O)c1)N=C[C@@H]1Cc3ccccc3CN1C2=O. The summed E-state index contributed by atoms with van der Waals surface area (Å²) in [7, 11) is -0.562. The summed E-state index contributed by atoms with van der Waals surface area (Å²) in [6.07, 6.45) is -2.60. The first kappa shape index (κ1) is 66.1. The highest BCUT2D eigenvalue weighted by molar-refractivity contribution is 7.82. The third-order valence-corrected chi connectivity index (χ3v) is 16.8. The molecule has 0 radical (unpaired) electrons. The number of rotatable bonds is 28. The lowest BCUT2D eigenvalue weighted by atomic mass is 9.94. The Balaban J connectivity index is 0.852. The molecule has 0 saturated carbocycles. The number of carbonyl (C=O) groups is 3. The number of aliphatic hydroxyl groups excluding tert-OH is 4. The van der Waals surface area contributed by atoms with E-state index in [1.54, 1.807) is 58.9 Å². The first-order valence-electron chi connectivity index (χ1n) is 29.9. The highest BCUT2D eigenvalue weighted by Gasteiger charge is 2.45. The number of benzene rings is 5. The molecule has 5 aliphatic rings. The zero-order chi connectivity index (χ0) is 66.0. The molecule has 1 unspecified atom stereocenters. The average Bonchev–Trinajstić information content (AvgIpc) is 1.51. The molecule has 496 valence electrons. The Labute approximate surface area is 538 Å². The van der Waals surface area contributed by atoms with Gasteiger partial charge < -0.3 is 91.1 Å². The van der Waals surface area contributed by atoms with Crippen molar-refractivity contribution in [1.82, 2.24) is 24.7 Å². The van der Waals surface area contributed by atoms with Gasteiger partial charge in [0.05, 0.1) is 114 Å². The average molecular weight is 1320 g/mol. The summed E-state index contributed by atoms with van der Waals surface area (Å²) in [5.41, 5.74) is 14.0. The Bertz CT molecular complexity index is 4010. The number of aryl methyl sites for hydroxylation is 1. The van der Waals surface area contributed by atoms with Crippen LogP contribution in [0.2, 0.25) is 0 Å². The van der Waals surface area contributed by atoms with Gasteiger partial charge in [-0.05, 0) is 82.7 Å². The Morgan fingerprint density at radius 1 is 0.713 bits per heavy atom. The van der Waals surface area contributed by atoms with Crippen molar-refractivity contribution in [2.24, 2.45) is 22.1 Å². The highest BCUT2D eigenvalue weighted by Crippen LogP contribution is 2.42. The van der Waals surface area contributed by atoms with Gasteiger partial charge in [0.1, 0.15) is 43.4 Å². The number of methoxy groups -OCH3 is 2. The molecule has 1 aromatic heterocycles. The summed E-state index contributed by atoms with van der Waals surface area (Å²) in [5, 5.41) is 47.9. The number of aliphatic imine (C=N–C) groups is 2. The van der Waals surface area contributed by atoms with Gasteiger partial charge in [-0.3, -0.25) is 24.4 Å². The maximum atomic E-state index is 14.4. The molecule has 11 rings (SSSR count). The van der Waals surface area contributed by atoms with Crippen LogP contribution < -0.4 is 37.4 Å². The van der Waals surface area contributed by atoms with Gasteiger partial charge in [-0.15, -0.1) is 8.42 Å². The summed E-state index contributed by atoms with van der Waals surface area (Å²) in [4.78, 5) is 62.1. The van der Waals surface area contributed by atoms with Crippen molar-refractivity contribution in [3.63, 3.8) is 0 Å². The lowest BCUT2D eigenvalue weighted by molar-refractivity contribution is -0.277. The number of fused-ring (bicyclic) bond motifs is 6. The van der Waals surface area contributed by atoms with E-state index in [-0.39, 0.29) is 136 Å². The number of ether oxygens (including phenoxy) is 9. The number of imidazole rings is 1. The molecule has 0 bridgehead atoms. The predicted molar refractivity (Wildman–Crippen MR) is 332 cm³/mol. The van der Waals surface area contributed by atoms with Crippen LogP contribution in [0.5, 0.6) is 40.2 Å². The highest BCUT2D eigenvalue weighted by atomic mass is 32.3. The topological polar surface area (TPSA) is 378 Å². The van der Waals surface area contributed by atoms with Crippen LogP contribution in [0.1, 0.15) is 64.7 Å². The van der Waals surface area contributed by atoms with Crippen molar-refractivity contribution in [2.45, 2.75) is 81.9 Å². The van der Waals surface area contributed by atoms with Crippen LogP contribution in [0.3, 0.4) is 0 Å². The van der Waals surface area contributed by atoms with Gasteiger partial charge in [-0.1, -0.05) is 29.4 Å². The molecule has 6 aromatic rings. The molecule has 94 heavy (non-hydrogen) atoms. The third kappa shape index (κ3) is 15.1. The van der Waals surface area contributed by atoms with Gasteiger partial charge >= 0.3 is 10.4 Å². The number of aromatic nitrogens is 2. The van der Waals surface area contributed by atoms with E-state index in [1.807, 2.05) is 35.9 Å². The van der Waals surface area contributed by atoms with Crippen LogP contribution in [0, 0.1) is 0 Å². The molecule has 7 atom stereocenters. The molecule has 1 fully saturated rings. The quantitative estimate of drug-likeness (QED) is 0.0199. The maximum absolute atomic E-state index is 14.4. The minimum absolute atomic E-state index is 0.00434. The van der Waals surface area contributed by atoms with Crippen molar-refractivity contribution < 1.29 is 94.2 Å². The van der Waals surface area contributed by atoms with E-state index in [0.717, 1.165) is 34.6 Å². The van der Waals surface area contributed by atoms with Crippen LogP contribution in [0.4, 0.5) is 11.4 Å². The number of hydrogen-bond donors (Lipinski definition) is 5. The molecule has 1 saturated heterocycles. The lowest BCUT2D eigenvalue weighted by Gasteiger charge is -2.39. The van der Waals surface area contributed by atoms with Crippen molar-refractivity contribution in [3.05, 3.63) is 152 Å². The van der Waals surface area contributed by atoms with Crippen molar-refractivity contribution in [3.8, 4) is 40.2 Å². The second-order valence-corrected chi connectivity index (χ2v) is 23.3. The van der Waals surface area contributed by atoms with Crippen LogP contribution in [-0.2, 0) is 75.5 Å². The number of nitrogens with zero attached hydrogens (tertiary/aromatic N) is 9. The second kappa shape index (κ2) is 29.7. The van der Waals surface area contributed by atoms with Gasteiger partial charge in [0, 0.05) is 73.8 Å². The summed E-state index contributed by atoms with van der Waals surface area (Å²) < 4.78 is 94.0. The van der Waals surface area contributed by atoms with Gasteiger partial charge in [-0.25, -0.2) is 4.98 Å². The van der Waals surface area contributed by atoms with Crippen LogP contribution in [-0.4, -0.2) is 195 Å². The molecule has 5 aromatic carbocycles. The second-order valence-electron chi connectivity index (χ2n) is 22.2. The third-order valence-electron chi connectivity index (χ3n) is 16.1. The standard InChI is InChI=1S/C63H68N10O20S/c1-71-35-68-48-31-73-42(23-49(48)71)29-67-47-27-54(52(84-3)25-45(47)62(73)80)89-34-37-18-36(33-88-53-26-46-44(24-51(53)83-2)61(79)72-30-40-7-5-4-6-38(40)21-41(72)28-66-46)19-43(20-37)92-94(81,82)93-55-22-39(8-9-50(55)90-63-59(77)58(76)57(75)56(32-74)91-63)60(78)65-10-12-85-14-16-87-17-15-86-13-11-69-70-64/h4-9,18-20,22,24-29,35,41-42,56-59,63,74-77H,10-17,21,23,30-34H2,1-3H3,(H,65,78)/t41-,42-,56+,57-,58-,59+,63?/m0/s1. The number of amides is 3. The molecule has 30 nitrogen and oxygen atoms in total. The van der Waals surface area contributed by atoms with E-state index in [4.69, 9.17) is 66.5 Å². The molecule has 0 spiro atoms. The van der Waals surface area contributed by atoms with Crippen LogP contribution in [0.15, 0.2) is 106 Å². The summed E-state index contributed by atoms with van der Waals surface area (Å²) in [6.45, 7) is 0.723. The molecule has 3 amide bonds. The Morgan fingerprint density at radius 3 is 1.97 bits per heavy atom. The number of carbonyl (C=O) groups excluding carboxylic acids is 3. The molecule has 5 aliphatic heterocycles. The zero-order valence-corrected chi connectivity index (χ0v) is 52.0. The van der Waals surface area contributed by atoms with Crippen molar-refractivity contribution in [2.75, 3.05) is 73.6 Å². The molecule has 0 aliphatic carbocycles. The van der Waals surface area contributed by atoms with Gasteiger partial charge in [0.25, 0.3) is 17.7 Å². The first-order valence-corrected chi connectivity index (χ1v) is 31.2. The minimum atomic E-state index is -5.29. The maximum Gasteiger partial charge on any atom is 0.501 e. The fourth-order valence-electron chi connectivity index (χ4n) is 11.2. The first-order chi connectivity index (χ1) is 45.5. The Hall–Kier alpha value is -9.40. The minimum Gasteiger partial charge on any atom is -0.493 e. The van der Waals surface area contributed by atoms with E-state index in [9.17, 15) is 43.2 Å². The van der Waals surface area contributed by atoms with Crippen LogP contribution in [0.25, 0.3) is 10.4 Å². The summed E-state index contributed by atoms with van der Waals surface area (Å²) in [5.74, 6) is -1.98.